The Bertz CT molecular complexity index is 829. The number of allylic oxidation sites excluding steroid dienone is 4. The van der Waals surface area contributed by atoms with Gasteiger partial charge in [-0.2, -0.15) is 0 Å². The minimum atomic E-state index is -4.96. The third kappa shape index (κ3) is 26.7. The number of phosphoric ester groups is 1. The molecule has 8 nitrogen and oxygen atoms in total. The first kappa shape index (κ1) is 46.9. The summed E-state index contributed by atoms with van der Waals surface area (Å²) >= 11 is 0. The quantitative estimate of drug-likeness (QED) is 0.0219. The zero-order valence-corrected chi connectivity index (χ0v) is 31.7. The van der Waals surface area contributed by atoms with Crippen molar-refractivity contribution in [3.63, 3.8) is 0 Å². The van der Waals surface area contributed by atoms with Gasteiger partial charge in [-0.15, -0.1) is 0 Å². The van der Waals surface area contributed by atoms with Crippen LogP contribution < -0.4 is 0 Å². The van der Waals surface area contributed by atoms with E-state index in [9.17, 15) is 24.4 Å². The second-order valence-electron chi connectivity index (χ2n) is 13.6. The Hall–Kier alpha value is -1.15. The van der Waals surface area contributed by atoms with Crippen LogP contribution in [0.2, 0.25) is 0 Å². The van der Waals surface area contributed by atoms with Crippen LogP contribution in [0.3, 0.4) is 0 Å². The summed E-state index contributed by atoms with van der Waals surface area (Å²) in [5.41, 5.74) is -2.74. The van der Waals surface area contributed by atoms with Crippen LogP contribution in [0.4, 0.5) is 0 Å². The SMILES string of the molecule is CCCCCCCC/C=C\CCCCCCCC(=O)C(O)(C(=O)CCCCCCC/C=C\CCCCCCCC)[C@@H](O)COP(=O)(O)O. The third-order valence-electron chi connectivity index (χ3n) is 9.06. The molecule has 0 unspecified atom stereocenters. The van der Waals surface area contributed by atoms with E-state index in [0.29, 0.717) is 12.8 Å². The third-order valence-corrected chi connectivity index (χ3v) is 9.55. The van der Waals surface area contributed by atoms with E-state index in [1.54, 1.807) is 0 Å². The number of carbonyl (C=O) groups excluding carboxylic acids is 2. The van der Waals surface area contributed by atoms with Crippen molar-refractivity contribution < 1.29 is 38.7 Å². The highest BCUT2D eigenvalue weighted by Gasteiger charge is 2.49. The molecule has 0 rings (SSSR count). The zero-order valence-electron chi connectivity index (χ0n) is 30.8. The Morgan fingerprint density at radius 1 is 0.562 bits per heavy atom. The molecule has 4 N–H and O–H groups in total. The predicted octanol–water partition coefficient (Wildman–Crippen LogP) is 10.4. The number of Topliss-reactive ketones (excluding diaryl/α,β-unsaturated/α-hetero) is 2. The maximum atomic E-state index is 13.1. The van der Waals surface area contributed by atoms with Crippen LogP contribution in [0.5, 0.6) is 0 Å². The van der Waals surface area contributed by atoms with E-state index in [2.05, 4.69) is 42.7 Å². The van der Waals surface area contributed by atoms with Crippen LogP contribution in [0.1, 0.15) is 194 Å². The number of carbonyl (C=O) groups is 2. The van der Waals surface area contributed by atoms with Gasteiger partial charge in [0, 0.05) is 12.8 Å². The van der Waals surface area contributed by atoms with Crippen LogP contribution in [-0.4, -0.2) is 49.9 Å². The van der Waals surface area contributed by atoms with Gasteiger partial charge in [0.15, 0.2) is 11.6 Å². The number of hydrogen-bond acceptors (Lipinski definition) is 6. The number of aliphatic hydroxyl groups excluding tert-OH is 1. The summed E-state index contributed by atoms with van der Waals surface area (Å²) in [6, 6.07) is 0. The Kier molecular flexibility index (Phi) is 31.0. The molecule has 0 saturated heterocycles. The standard InChI is InChI=1S/C39H73O8P/c1-3-5-7-9-11-13-15-17-19-21-23-25-27-29-31-33-36(40)39(43,38(42)35-47-48(44,45)46)37(41)34-32-30-28-26-24-22-20-18-16-14-12-10-8-6-4-2/h17-20,38,42-43H,3-16,21-35H2,1-2H3,(H2,44,45,46)/b19-17-,20-18-/t38-/m0/s1. The highest BCUT2D eigenvalue weighted by molar-refractivity contribution is 7.46. The van der Waals surface area contributed by atoms with Gasteiger partial charge in [0.2, 0.25) is 5.60 Å². The fourth-order valence-electron chi connectivity index (χ4n) is 5.91. The topological polar surface area (TPSA) is 141 Å². The summed E-state index contributed by atoms with van der Waals surface area (Å²) in [7, 11) is -4.96. The average molecular weight is 701 g/mol. The molecule has 282 valence electrons. The van der Waals surface area contributed by atoms with Crippen LogP contribution in [0.15, 0.2) is 24.3 Å². The molecular formula is C39H73O8P. The number of ketones is 2. The van der Waals surface area contributed by atoms with E-state index in [1.807, 2.05) is 0 Å². The number of hydrogen-bond donors (Lipinski definition) is 4. The van der Waals surface area contributed by atoms with E-state index in [4.69, 9.17) is 9.79 Å². The molecule has 0 saturated carbocycles. The Balaban J connectivity index is 4.40. The van der Waals surface area contributed by atoms with Crippen molar-refractivity contribution in [1.82, 2.24) is 0 Å². The maximum Gasteiger partial charge on any atom is 0.469 e. The summed E-state index contributed by atoms with van der Waals surface area (Å²) in [6.07, 6.45) is 35.2. The van der Waals surface area contributed by atoms with Gasteiger partial charge >= 0.3 is 7.82 Å². The van der Waals surface area contributed by atoms with Gasteiger partial charge in [0.25, 0.3) is 0 Å². The van der Waals surface area contributed by atoms with Crippen molar-refractivity contribution >= 4 is 19.4 Å². The van der Waals surface area contributed by atoms with Gasteiger partial charge in [-0.3, -0.25) is 14.1 Å². The van der Waals surface area contributed by atoms with Gasteiger partial charge in [0.1, 0.15) is 6.10 Å². The van der Waals surface area contributed by atoms with Gasteiger partial charge < -0.3 is 20.0 Å². The lowest BCUT2D eigenvalue weighted by atomic mass is 9.82. The first-order chi connectivity index (χ1) is 23.1. The lowest BCUT2D eigenvalue weighted by Gasteiger charge is -2.30. The fourth-order valence-corrected chi connectivity index (χ4v) is 6.24. The van der Waals surface area contributed by atoms with E-state index in [1.165, 1.54) is 77.0 Å². The minimum Gasteiger partial charge on any atom is -0.387 e. The fraction of sp³-hybridized carbons (Fsp3) is 0.846. The molecule has 0 fully saturated rings. The van der Waals surface area contributed by atoms with Crippen molar-refractivity contribution in [1.29, 1.82) is 0 Å². The van der Waals surface area contributed by atoms with Gasteiger partial charge in [-0.1, -0.05) is 141 Å². The van der Waals surface area contributed by atoms with E-state index in [-0.39, 0.29) is 12.8 Å². The van der Waals surface area contributed by atoms with Gasteiger partial charge in [-0.05, 0) is 64.2 Å². The average Bonchev–Trinajstić information content (AvgIpc) is 3.06. The number of aliphatic hydroxyl groups is 2. The highest BCUT2D eigenvalue weighted by atomic mass is 31.2. The van der Waals surface area contributed by atoms with E-state index < -0.39 is 37.7 Å². The number of unbranched alkanes of at least 4 members (excludes halogenated alkanes) is 22. The van der Waals surface area contributed by atoms with Crippen LogP contribution >= 0.6 is 7.82 Å². The molecule has 0 radical (unpaired) electrons. The molecule has 0 spiro atoms. The maximum absolute atomic E-state index is 13.1. The molecular weight excluding hydrogens is 627 g/mol. The largest absolute Gasteiger partial charge is 0.469 e. The summed E-state index contributed by atoms with van der Waals surface area (Å²) in [6.45, 7) is 3.45. The second kappa shape index (κ2) is 31.8. The summed E-state index contributed by atoms with van der Waals surface area (Å²) in [4.78, 5) is 44.2. The van der Waals surface area contributed by atoms with Gasteiger partial charge in [0.05, 0.1) is 6.61 Å². The summed E-state index contributed by atoms with van der Waals surface area (Å²) in [5, 5.41) is 21.7. The van der Waals surface area contributed by atoms with E-state index >= 15 is 0 Å². The monoisotopic (exact) mass is 701 g/mol. The molecule has 9 heteroatoms. The normalized spacial score (nSPS) is 13.2. The van der Waals surface area contributed by atoms with Crippen LogP contribution in [-0.2, 0) is 18.7 Å². The number of phosphoric acid groups is 1. The lowest BCUT2D eigenvalue weighted by Crippen LogP contribution is -2.57. The molecule has 0 amide bonds. The molecule has 0 aromatic heterocycles. The molecule has 1 atom stereocenters. The summed E-state index contributed by atoms with van der Waals surface area (Å²) in [5.74, 6) is -1.64. The van der Waals surface area contributed by atoms with Crippen LogP contribution in [0, 0.1) is 0 Å². The minimum absolute atomic E-state index is 0.0975. The Labute approximate surface area is 293 Å². The van der Waals surface area contributed by atoms with Crippen molar-refractivity contribution in [2.75, 3.05) is 6.61 Å². The summed E-state index contributed by atoms with van der Waals surface area (Å²) < 4.78 is 15.5. The second-order valence-corrected chi connectivity index (χ2v) is 14.8. The molecule has 0 aromatic rings. The molecule has 0 aliphatic carbocycles. The zero-order chi connectivity index (χ0) is 35.8. The Morgan fingerprint density at radius 2 is 0.854 bits per heavy atom. The molecule has 0 aliphatic rings. The van der Waals surface area contributed by atoms with Gasteiger partial charge in [-0.25, -0.2) is 4.57 Å². The highest BCUT2D eigenvalue weighted by Crippen LogP contribution is 2.36. The van der Waals surface area contributed by atoms with Crippen molar-refractivity contribution in [2.45, 2.75) is 205 Å². The van der Waals surface area contributed by atoms with E-state index in [0.717, 1.165) is 77.0 Å². The van der Waals surface area contributed by atoms with Crippen molar-refractivity contribution in [2.24, 2.45) is 0 Å². The molecule has 0 heterocycles. The van der Waals surface area contributed by atoms with Crippen molar-refractivity contribution in [3.8, 4) is 0 Å². The molecule has 0 bridgehead atoms. The molecule has 0 aliphatic heterocycles. The molecule has 0 aromatic carbocycles. The Morgan fingerprint density at radius 3 is 1.17 bits per heavy atom. The smallest absolute Gasteiger partial charge is 0.387 e. The predicted molar refractivity (Wildman–Crippen MR) is 198 cm³/mol. The van der Waals surface area contributed by atoms with Crippen LogP contribution in [0.25, 0.3) is 0 Å². The first-order valence-electron chi connectivity index (χ1n) is 19.6. The van der Waals surface area contributed by atoms with Crippen molar-refractivity contribution in [3.05, 3.63) is 24.3 Å². The number of rotatable bonds is 36. The molecule has 48 heavy (non-hydrogen) atoms. The first-order valence-corrected chi connectivity index (χ1v) is 21.1. The lowest BCUT2D eigenvalue weighted by molar-refractivity contribution is -0.166.